The molecule has 0 aliphatic carbocycles. The average molecular weight is 304 g/mol. The van der Waals surface area contributed by atoms with Gasteiger partial charge < -0.3 is 24.4 Å². The molecule has 0 bridgehead atoms. The zero-order valence-corrected chi connectivity index (χ0v) is 11.6. The first kappa shape index (κ1) is 14.0. The first-order valence-electron chi connectivity index (χ1n) is 6.38. The first-order valence-corrected chi connectivity index (χ1v) is 6.38. The van der Waals surface area contributed by atoms with E-state index >= 15 is 0 Å². The molecule has 2 aromatic carbocycles. The van der Waals surface area contributed by atoms with Crippen molar-refractivity contribution in [2.45, 2.75) is 13.2 Å². The van der Waals surface area contributed by atoms with E-state index in [-0.39, 0.29) is 36.7 Å². The molecular weight excluding hydrogens is 292 g/mol. The minimum absolute atomic E-state index is 0.0385. The summed E-state index contributed by atoms with van der Waals surface area (Å²) in [6.07, 6.45) is 0. The van der Waals surface area contributed by atoms with Gasteiger partial charge in [0.15, 0.2) is 0 Å². The predicted octanol–water partition coefficient (Wildman–Crippen LogP) is 1.60. The first-order chi connectivity index (χ1) is 10.6. The fraction of sp³-hybridized carbons (Fsp3) is 0.200. The molecule has 0 radical (unpaired) electrons. The average Bonchev–Trinajstić information content (AvgIpc) is 2.50. The molecule has 0 spiro atoms. The Bertz CT molecular complexity index is 795. The molecule has 2 aromatic rings. The fourth-order valence-electron chi connectivity index (χ4n) is 2.70. The number of aromatic hydroxyl groups is 2. The van der Waals surface area contributed by atoms with Gasteiger partial charge in [0.25, 0.3) is 6.47 Å². The van der Waals surface area contributed by atoms with Crippen molar-refractivity contribution in [1.29, 1.82) is 0 Å². The highest BCUT2D eigenvalue weighted by Gasteiger charge is 2.30. The molecule has 7 nitrogen and oxygen atoms in total. The van der Waals surface area contributed by atoms with Crippen LogP contribution in [0, 0.1) is 0 Å². The lowest BCUT2D eigenvalue weighted by atomic mass is 9.92. The third kappa shape index (κ3) is 1.90. The van der Waals surface area contributed by atoms with E-state index < -0.39 is 5.97 Å². The Labute approximate surface area is 124 Å². The molecule has 7 heteroatoms. The number of phenols is 2. The van der Waals surface area contributed by atoms with Crippen molar-refractivity contribution in [2.75, 3.05) is 7.11 Å². The van der Waals surface area contributed by atoms with Crippen LogP contribution in [0.4, 0.5) is 0 Å². The number of phenolic OH excluding ortho intramolecular Hbond substituents is 2. The van der Waals surface area contributed by atoms with Gasteiger partial charge in [-0.3, -0.25) is 4.79 Å². The summed E-state index contributed by atoms with van der Waals surface area (Å²) in [6.45, 7) is 0.0733. The Balaban J connectivity index is 2.44. The Hall–Kier alpha value is -2.96. The monoisotopic (exact) mass is 304 g/mol. The number of carbonyl (C=O) groups is 2. The Kier molecular flexibility index (Phi) is 3.25. The quantitative estimate of drug-likeness (QED) is 0.653. The van der Waals surface area contributed by atoms with Gasteiger partial charge in [0.2, 0.25) is 0 Å². The largest absolute Gasteiger partial charge is 0.507 e. The van der Waals surface area contributed by atoms with Crippen LogP contribution < -0.4 is 4.74 Å². The van der Waals surface area contributed by atoms with Gasteiger partial charge in [0.1, 0.15) is 36.0 Å². The second-order valence-corrected chi connectivity index (χ2v) is 4.74. The van der Waals surface area contributed by atoms with Crippen LogP contribution in [0.5, 0.6) is 17.2 Å². The fourth-order valence-corrected chi connectivity index (χ4v) is 2.70. The number of esters is 1. The van der Waals surface area contributed by atoms with Crippen molar-refractivity contribution in [3.05, 3.63) is 28.8 Å². The lowest BCUT2D eigenvalue weighted by molar-refractivity contribution is -0.129. The number of methoxy groups -OCH3 is 1. The maximum atomic E-state index is 11.9. The number of benzene rings is 2. The lowest BCUT2D eigenvalue weighted by Gasteiger charge is -2.22. The Morgan fingerprint density at radius 3 is 2.73 bits per heavy atom. The van der Waals surface area contributed by atoms with Crippen LogP contribution in [0.15, 0.2) is 12.1 Å². The van der Waals surface area contributed by atoms with Gasteiger partial charge in [-0.1, -0.05) is 0 Å². The molecule has 0 saturated carbocycles. The van der Waals surface area contributed by atoms with Crippen LogP contribution in [-0.2, 0) is 27.5 Å². The van der Waals surface area contributed by atoms with Crippen molar-refractivity contribution in [2.24, 2.45) is 0 Å². The van der Waals surface area contributed by atoms with Gasteiger partial charge in [-0.25, -0.2) is 4.79 Å². The third-order valence-electron chi connectivity index (χ3n) is 3.59. The summed E-state index contributed by atoms with van der Waals surface area (Å²) in [5, 5.41) is 21.0. The molecule has 1 aliphatic heterocycles. The third-order valence-corrected chi connectivity index (χ3v) is 3.59. The molecule has 0 unspecified atom stereocenters. The minimum Gasteiger partial charge on any atom is -0.507 e. The van der Waals surface area contributed by atoms with Gasteiger partial charge >= 0.3 is 5.97 Å². The molecule has 0 saturated heterocycles. The van der Waals surface area contributed by atoms with Crippen LogP contribution in [-0.4, -0.2) is 29.8 Å². The summed E-state index contributed by atoms with van der Waals surface area (Å²) in [5.74, 6) is -0.802. The van der Waals surface area contributed by atoms with Gasteiger partial charge in [-0.2, -0.15) is 0 Å². The maximum Gasteiger partial charge on any atom is 0.342 e. The lowest BCUT2D eigenvalue weighted by Crippen LogP contribution is -2.15. The number of cyclic esters (lactones) is 1. The summed E-state index contributed by atoms with van der Waals surface area (Å²) in [4.78, 5) is 22.3. The van der Waals surface area contributed by atoms with Gasteiger partial charge in [0.05, 0.1) is 7.11 Å². The molecule has 114 valence electrons. The van der Waals surface area contributed by atoms with Gasteiger partial charge in [-0.05, 0) is 6.07 Å². The topological polar surface area (TPSA) is 102 Å². The van der Waals surface area contributed by atoms with Crippen molar-refractivity contribution >= 4 is 23.2 Å². The van der Waals surface area contributed by atoms with E-state index in [0.717, 1.165) is 0 Å². The molecule has 1 heterocycles. The number of hydrogen-bond acceptors (Lipinski definition) is 7. The summed E-state index contributed by atoms with van der Waals surface area (Å²) in [7, 11) is 1.42. The van der Waals surface area contributed by atoms with E-state index in [2.05, 4.69) is 0 Å². The Morgan fingerprint density at radius 2 is 2.05 bits per heavy atom. The van der Waals surface area contributed by atoms with Gasteiger partial charge in [0, 0.05) is 28.0 Å². The predicted molar refractivity (Wildman–Crippen MR) is 73.8 cm³/mol. The molecular formula is C15H12O7. The van der Waals surface area contributed by atoms with Crippen LogP contribution in [0.2, 0.25) is 0 Å². The summed E-state index contributed by atoms with van der Waals surface area (Å²) in [6, 6.07) is 2.66. The van der Waals surface area contributed by atoms with E-state index in [4.69, 9.17) is 14.2 Å². The molecule has 2 N–H and O–H groups in total. The van der Waals surface area contributed by atoms with E-state index in [1.165, 1.54) is 19.2 Å². The minimum atomic E-state index is -0.689. The molecule has 0 aromatic heterocycles. The van der Waals surface area contributed by atoms with Crippen molar-refractivity contribution in [3.63, 3.8) is 0 Å². The zero-order chi connectivity index (χ0) is 15.9. The van der Waals surface area contributed by atoms with Gasteiger partial charge in [-0.15, -0.1) is 0 Å². The SMILES string of the molecule is COc1cc(O)c2c(COC=O)cc(O)c3c2c1COC3=O. The highest BCUT2D eigenvalue weighted by Crippen LogP contribution is 2.44. The molecule has 3 rings (SSSR count). The number of hydrogen-bond donors (Lipinski definition) is 2. The number of ether oxygens (including phenoxy) is 3. The van der Waals surface area contributed by atoms with Crippen molar-refractivity contribution in [3.8, 4) is 17.2 Å². The van der Waals surface area contributed by atoms with Crippen molar-refractivity contribution in [1.82, 2.24) is 0 Å². The number of rotatable bonds is 4. The molecule has 0 atom stereocenters. The second-order valence-electron chi connectivity index (χ2n) is 4.74. The smallest absolute Gasteiger partial charge is 0.342 e. The van der Waals surface area contributed by atoms with Crippen LogP contribution in [0.1, 0.15) is 21.5 Å². The number of carbonyl (C=O) groups excluding carboxylic acids is 2. The normalized spacial score (nSPS) is 12.9. The van der Waals surface area contributed by atoms with E-state index in [1.807, 2.05) is 0 Å². The van der Waals surface area contributed by atoms with Crippen LogP contribution in [0.3, 0.4) is 0 Å². The molecule has 1 aliphatic rings. The van der Waals surface area contributed by atoms with Crippen LogP contribution in [0.25, 0.3) is 10.8 Å². The zero-order valence-electron chi connectivity index (χ0n) is 11.6. The summed E-state index contributed by atoms with van der Waals surface area (Å²) in [5.41, 5.74) is 0.868. The highest BCUT2D eigenvalue weighted by molar-refractivity contribution is 6.12. The second kappa shape index (κ2) is 5.10. The van der Waals surface area contributed by atoms with Crippen LogP contribution >= 0.6 is 0 Å². The van der Waals surface area contributed by atoms with E-state index in [9.17, 15) is 19.8 Å². The Morgan fingerprint density at radius 1 is 1.27 bits per heavy atom. The maximum absolute atomic E-state index is 11.9. The van der Waals surface area contributed by atoms with E-state index in [1.54, 1.807) is 0 Å². The van der Waals surface area contributed by atoms with E-state index in [0.29, 0.717) is 27.6 Å². The molecule has 0 fully saturated rings. The highest BCUT2D eigenvalue weighted by atomic mass is 16.5. The molecule has 22 heavy (non-hydrogen) atoms. The van der Waals surface area contributed by atoms with Crippen molar-refractivity contribution < 1.29 is 34.0 Å². The molecule has 0 amide bonds. The standard InChI is InChI=1S/C15H12O7/c1-20-11-3-10(18)12-7(4-21-6-16)2-9(17)14-13(12)8(11)5-22-15(14)19/h2-3,6,17-18H,4-5H2,1H3. The summed E-state index contributed by atoms with van der Waals surface area (Å²) < 4.78 is 14.9. The summed E-state index contributed by atoms with van der Waals surface area (Å²) >= 11 is 0.